The molecule has 0 aromatic heterocycles. The molecule has 4 N–H and O–H groups in total. The lowest BCUT2D eigenvalue weighted by Crippen LogP contribution is -2.36. The van der Waals surface area contributed by atoms with Crippen molar-refractivity contribution in [1.82, 2.24) is 5.32 Å². The summed E-state index contributed by atoms with van der Waals surface area (Å²) in [5, 5.41) is 4.82. The lowest BCUT2D eigenvalue weighted by Gasteiger charge is -2.07. The quantitative estimate of drug-likeness (QED) is 0.691. The molecule has 0 atom stereocenters. The van der Waals surface area contributed by atoms with Gasteiger partial charge in [-0.25, -0.2) is 0 Å². The standard InChI is InChI=1S/C11H13F2N3O2S.ClH/c12-11(13)19-8-3-1-7(2-4-8)16-10(18)6-15-9(17)5-14;/h1-4,11H,5-6,14H2,(H,15,17)(H,16,18);1H. The number of thioether (sulfide) groups is 1. The fraction of sp³-hybridized carbons (Fsp3) is 0.273. The minimum atomic E-state index is -2.48. The van der Waals surface area contributed by atoms with E-state index in [2.05, 4.69) is 10.6 Å². The summed E-state index contributed by atoms with van der Waals surface area (Å²) in [5.74, 6) is -3.33. The van der Waals surface area contributed by atoms with E-state index in [9.17, 15) is 18.4 Å². The molecule has 0 heterocycles. The van der Waals surface area contributed by atoms with Gasteiger partial charge in [-0.05, 0) is 24.3 Å². The maximum Gasteiger partial charge on any atom is 0.288 e. The van der Waals surface area contributed by atoms with E-state index in [1.165, 1.54) is 24.3 Å². The average Bonchev–Trinajstić information content (AvgIpc) is 2.37. The second kappa shape index (κ2) is 9.51. The summed E-state index contributed by atoms with van der Waals surface area (Å²) in [6.45, 7) is -0.379. The van der Waals surface area contributed by atoms with Crippen LogP contribution in [0.4, 0.5) is 14.5 Å². The zero-order valence-corrected chi connectivity index (χ0v) is 11.9. The molecule has 1 rings (SSSR count). The third-order valence-electron chi connectivity index (χ3n) is 1.99. The van der Waals surface area contributed by atoms with E-state index in [1.807, 2.05) is 0 Å². The number of hydrogen-bond donors (Lipinski definition) is 3. The Kier molecular flexibility index (Phi) is 8.86. The molecule has 1 aromatic rings. The fourth-order valence-corrected chi connectivity index (χ4v) is 1.67. The van der Waals surface area contributed by atoms with Crippen LogP contribution in [0.15, 0.2) is 29.2 Å². The Morgan fingerprint density at radius 1 is 1.20 bits per heavy atom. The summed E-state index contributed by atoms with van der Waals surface area (Å²) >= 11 is 0.426. The van der Waals surface area contributed by atoms with Gasteiger partial charge < -0.3 is 16.4 Å². The highest BCUT2D eigenvalue weighted by atomic mass is 35.5. The number of alkyl halides is 2. The van der Waals surface area contributed by atoms with Crippen molar-refractivity contribution in [3.05, 3.63) is 24.3 Å². The van der Waals surface area contributed by atoms with Crippen LogP contribution in [0.5, 0.6) is 0 Å². The van der Waals surface area contributed by atoms with Crippen molar-refractivity contribution >= 4 is 41.7 Å². The van der Waals surface area contributed by atoms with Crippen molar-refractivity contribution in [3.8, 4) is 0 Å². The molecule has 0 bridgehead atoms. The molecular formula is C11H14ClF2N3O2S. The molecule has 112 valence electrons. The van der Waals surface area contributed by atoms with E-state index < -0.39 is 17.6 Å². The number of amides is 2. The number of nitrogens with two attached hydrogens (primary N) is 1. The number of hydrogen-bond acceptors (Lipinski definition) is 4. The monoisotopic (exact) mass is 325 g/mol. The predicted octanol–water partition coefficient (Wildman–Crippen LogP) is 1.44. The van der Waals surface area contributed by atoms with Crippen LogP contribution in [0.25, 0.3) is 0 Å². The Morgan fingerprint density at radius 3 is 2.30 bits per heavy atom. The first-order chi connectivity index (χ1) is 9.01. The SMILES string of the molecule is Cl.NCC(=O)NCC(=O)Nc1ccc(SC(F)F)cc1. The highest BCUT2D eigenvalue weighted by Gasteiger charge is 2.07. The van der Waals surface area contributed by atoms with Crippen LogP contribution in [0, 0.1) is 0 Å². The predicted molar refractivity (Wildman–Crippen MR) is 76.2 cm³/mol. The van der Waals surface area contributed by atoms with Crippen molar-refractivity contribution in [2.45, 2.75) is 10.7 Å². The van der Waals surface area contributed by atoms with E-state index in [4.69, 9.17) is 5.73 Å². The van der Waals surface area contributed by atoms with Crippen LogP contribution < -0.4 is 16.4 Å². The van der Waals surface area contributed by atoms with Gasteiger partial charge in [0.25, 0.3) is 5.76 Å². The molecule has 0 unspecified atom stereocenters. The van der Waals surface area contributed by atoms with Gasteiger partial charge in [-0.15, -0.1) is 12.4 Å². The van der Waals surface area contributed by atoms with Crippen LogP contribution in [-0.4, -0.2) is 30.7 Å². The molecule has 0 radical (unpaired) electrons. The first kappa shape index (κ1) is 18.6. The first-order valence-electron chi connectivity index (χ1n) is 5.32. The number of nitrogens with one attached hydrogen (secondary N) is 2. The van der Waals surface area contributed by atoms with Crippen LogP contribution in [0.2, 0.25) is 0 Å². The smallest absolute Gasteiger partial charge is 0.288 e. The first-order valence-corrected chi connectivity index (χ1v) is 6.20. The van der Waals surface area contributed by atoms with Crippen LogP contribution in [0.3, 0.4) is 0 Å². The number of benzene rings is 1. The van der Waals surface area contributed by atoms with Gasteiger partial charge in [0.05, 0.1) is 13.1 Å². The third kappa shape index (κ3) is 7.27. The lowest BCUT2D eigenvalue weighted by atomic mass is 10.3. The van der Waals surface area contributed by atoms with Crippen molar-refractivity contribution in [2.75, 3.05) is 18.4 Å². The molecule has 9 heteroatoms. The molecule has 0 spiro atoms. The molecule has 0 aliphatic carbocycles. The van der Waals surface area contributed by atoms with Crippen molar-refractivity contribution in [1.29, 1.82) is 0 Å². The van der Waals surface area contributed by atoms with Gasteiger partial charge in [-0.1, -0.05) is 11.8 Å². The largest absolute Gasteiger partial charge is 0.346 e. The molecule has 2 amide bonds. The maximum atomic E-state index is 12.1. The maximum absolute atomic E-state index is 12.1. The van der Waals surface area contributed by atoms with Gasteiger partial charge in [-0.3, -0.25) is 9.59 Å². The highest BCUT2D eigenvalue weighted by Crippen LogP contribution is 2.25. The van der Waals surface area contributed by atoms with E-state index in [0.29, 0.717) is 22.3 Å². The Bertz CT molecular complexity index is 446. The average molecular weight is 326 g/mol. The molecule has 0 saturated carbocycles. The van der Waals surface area contributed by atoms with Gasteiger partial charge in [0, 0.05) is 10.6 Å². The summed E-state index contributed by atoms with van der Waals surface area (Å²) in [6, 6.07) is 5.97. The minimum Gasteiger partial charge on any atom is -0.346 e. The van der Waals surface area contributed by atoms with E-state index >= 15 is 0 Å². The number of carbonyl (C=O) groups excluding carboxylic acids is 2. The minimum absolute atomic E-state index is 0. The van der Waals surface area contributed by atoms with Gasteiger partial charge in [0.2, 0.25) is 11.8 Å². The second-order valence-electron chi connectivity index (χ2n) is 3.43. The summed E-state index contributed by atoms with van der Waals surface area (Å²) in [5.41, 5.74) is 5.52. The molecule has 0 fully saturated rings. The van der Waals surface area contributed by atoms with Crippen LogP contribution >= 0.6 is 24.2 Å². The normalized spacial score (nSPS) is 9.80. The molecule has 5 nitrogen and oxygen atoms in total. The highest BCUT2D eigenvalue weighted by molar-refractivity contribution is 7.99. The van der Waals surface area contributed by atoms with E-state index in [0.717, 1.165) is 0 Å². The zero-order valence-electron chi connectivity index (χ0n) is 10.3. The topological polar surface area (TPSA) is 84.2 Å². The third-order valence-corrected chi connectivity index (χ3v) is 2.72. The molecule has 0 saturated heterocycles. The fourth-order valence-electron chi connectivity index (χ4n) is 1.18. The van der Waals surface area contributed by atoms with Crippen molar-refractivity contribution in [2.24, 2.45) is 5.73 Å². The van der Waals surface area contributed by atoms with Gasteiger partial charge in [0.15, 0.2) is 0 Å². The number of halogens is 3. The number of carbonyl (C=O) groups is 2. The van der Waals surface area contributed by atoms with E-state index in [1.54, 1.807) is 0 Å². The van der Waals surface area contributed by atoms with Gasteiger partial charge in [0.1, 0.15) is 0 Å². The van der Waals surface area contributed by atoms with Gasteiger partial charge >= 0.3 is 0 Å². The Hall–Kier alpha value is -1.38. The molecule has 20 heavy (non-hydrogen) atoms. The van der Waals surface area contributed by atoms with Crippen molar-refractivity contribution in [3.63, 3.8) is 0 Å². The van der Waals surface area contributed by atoms with Gasteiger partial charge in [-0.2, -0.15) is 8.78 Å². The molecule has 1 aromatic carbocycles. The number of anilines is 1. The molecule has 0 aliphatic rings. The second-order valence-corrected chi connectivity index (χ2v) is 4.50. The summed E-state index contributed by atoms with van der Waals surface area (Å²) in [6.07, 6.45) is 0. The Balaban J connectivity index is 0.00000361. The summed E-state index contributed by atoms with van der Waals surface area (Å²) < 4.78 is 24.2. The van der Waals surface area contributed by atoms with Crippen LogP contribution in [0.1, 0.15) is 0 Å². The summed E-state index contributed by atoms with van der Waals surface area (Å²) in [4.78, 5) is 22.6. The molecule has 0 aliphatic heterocycles. The summed E-state index contributed by atoms with van der Waals surface area (Å²) in [7, 11) is 0. The molecular weight excluding hydrogens is 312 g/mol. The Labute approximate surface area is 125 Å². The van der Waals surface area contributed by atoms with E-state index in [-0.39, 0.29) is 25.5 Å². The van der Waals surface area contributed by atoms with Crippen LogP contribution in [-0.2, 0) is 9.59 Å². The number of rotatable bonds is 6. The lowest BCUT2D eigenvalue weighted by molar-refractivity contribution is -0.123. The zero-order chi connectivity index (χ0) is 14.3. The Morgan fingerprint density at radius 2 is 1.80 bits per heavy atom. The van der Waals surface area contributed by atoms with Crippen molar-refractivity contribution < 1.29 is 18.4 Å².